The number of rotatable bonds is 10. The van der Waals surface area contributed by atoms with Crippen molar-refractivity contribution in [3.8, 4) is 0 Å². The Balaban J connectivity index is 1.73. The standard InChI is InChI=1S/C18H27F3N8O5/c19-18(20,21)10(23)2-4-28(3-1-8(22)17(32)33)5-9-12(30)13(31)16(34-9)29-7-27-11-14(24)25-6-26-15(11)29/h6-10,12-13,16,30-31H,1-5,22-23H2,(H,32,33)(H2,24,25,26)/t8-,9+,10?,12+,13+,16+/m0/s1. The van der Waals surface area contributed by atoms with Crippen LogP contribution >= 0.6 is 0 Å². The second-order valence-electron chi connectivity index (χ2n) is 8.10. The minimum absolute atomic E-state index is 0.00313. The fourth-order valence-corrected chi connectivity index (χ4v) is 3.65. The van der Waals surface area contributed by atoms with E-state index in [0.29, 0.717) is 0 Å². The van der Waals surface area contributed by atoms with Gasteiger partial charge in [0, 0.05) is 19.6 Å². The molecule has 2 aromatic heterocycles. The zero-order valence-electron chi connectivity index (χ0n) is 17.9. The Morgan fingerprint density at radius 3 is 2.50 bits per heavy atom. The molecule has 0 saturated carbocycles. The number of nitrogens with zero attached hydrogens (tertiary/aromatic N) is 5. The van der Waals surface area contributed by atoms with Crippen LogP contribution in [-0.4, -0.2) is 102 Å². The van der Waals surface area contributed by atoms with Crippen LogP contribution in [0.3, 0.4) is 0 Å². The molecule has 9 N–H and O–H groups in total. The van der Waals surface area contributed by atoms with Crippen LogP contribution in [0.25, 0.3) is 11.2 Å². The Hall–Kier alpha value is -2.63. The van der Waals surface area contributed by atoms with Crippen LogP contribution in [0.5, 0.6) is 0 Å². The number of aliphatic hydroxyl groups is 2. The third-order valence-corrected chi connectivity index (χ3v) is 5.69. The average molecular weight is 492 g/mol. The number of imidazole rings is 1. The van der Waals surface area contributed by atoms with Gasteiger partial charge in [0.1, 0.15) is 42.2 Å². The van der Waals surface area contributed by atoms with E-state index in [9.17, 15) is 28.2 Å². The molecule has 3 heterocycles. The number of aliphatic carboxylic acids is 1. The number of anilines is 1. The van der Waals surface area contributed by atoms with Crippen molar-refractivity contribution in [2.75, 3.05) is 25.4 Å². The first-order valence-electron chi connectivity index (χ1n) is 10.4. The lowest BCUT2D eigenvalue weighted by molar-refractivity contribution is -0.149. The van der Waals surface area contributed by atoms with Gasteiger partial charge in [0.2, 0.25) is 0 Å². The summed E-state index contributed by atoms with van der Waals surface area (Å²) in [5.41, 5.74) is 17.0. The highest BCUT2D eigenvalue weighted by molar-refractivity contribution is 5.81. The van der Waals surface area contributed by atoms with Crippen LogP contribution < -0.4 is 17.2 Å². The smallest absolute Gasteiger partial charge is 0.403 e. The van der Waals surface area contributed by atoms with Gasteiger partial charge < -0.3 is 42.2 Å². The van der Waals surface area contributed by atoms with E-state index in [0.717, 1.165) is 0 Å². The molecule has 3 rings (SSSR count). The molecule has 0 aromatic carbocycles. The Bertz CT molecular complexity index is 992. The minimum Gasteiger partial charge on any atom is -0.480 e. The molecule has 0 radical (unpaired) electrons. The summed E-state index contributed by atoms with van der Waals surface area (Å²) in [6, 6.07) is -3.31. The number of hydrogen-bond donors (Lipinski definition) is 6. The maximum Gasteiger partial charge on any atom is 0.403 e. The summed E-state index contributed by atoms with van der Waals surface area (Å²) in [6.45, 7) is -0.281. The van der Waals surface area contributed by atoms with Gasteiger partial charge in [-0.25, -0.2) is 15.0 Å². The van der Waals surface area contributed by atoms with Gasteiger partial charge in [-0.1, -0.05) is 0 Å². The number of nitrogens with two attached hydrogens (primary N) is 3. The number of fused-ring (bicyclic) bond motifs is 1. The summed E-state index contributed by atoms with van der Waals surface area (Å²) in [5.74, 6) is -1.15. The maximum absolute atomic E-state index is 12.8. The molecule has 190 valence electrons. The third-order valence-electron chi connectivity index (χ3n) is 5.69. The lowest BCUT2D eigenvalue weighted by Gasteiger charge is -2.28. The molecule has 34 heavy (non-hydrogen) atoms. The molecular formula is C18H27F3N8O5. The van der Waals surface area contributed by atoms with E-state index in [1.807, 2.05) is 0 Å². The highest BCUT2D eigenvalue weighted by Crippen LogP contribution is 2.32. The molecule has 0 amide bonds. The van der Waals surface area contributed by atoms with Crippen molar-refractivity contribution in [3.05, 3.63) is 12.7 Å². The van der Waals surface area contributed by atoms with Gasteiger partial charge >= 0.3 is 12.1 Å². The minimum atomic E-state index is -4.60. The molecule has 1 fully saturated rings. The maximum atomic E-state index is 12.8. The quantitative estimate of drug-likeness (QED) is 0.222. The van der Waals surface area contributed by atoms with Gasteiger partial charge in [0.05, 0.1) is 6.33 Å². The molecule has 0 aliphatic carbocycles. The Morgan fingerprint density at radius 1 is 1.18 bits per heavy atom. The number of carboxylic acid groups (broad SMARTS) is 1. The van der Waals surface area contributed by atoms with Crippen LogP contribution in [0.15, 0.2) is 12.7 Å². The summed E-state index contributed by atoms with van der Waals surface area (Å²) >= 11 is 0. The predicted octanol–water partition coefficient (Wildman–Crippen LogP) is -1.59. The van der Waals surface area contributed by atoms with Crippen LogP contribution in [0.4, 0.5) is 19.0 Å². The van der Waals surface area contributed by atoms with E-state index >= 15 is 0 Å². The summed E-state index contributed by atoms with van der Waals surface area (Å²) in [5, 5.41) is 30.1. The monoisotopic (exact) mass is 492 g/mol. The number of halogens is 3. The van der Waals surface area contributed by atoms with Crippen LogP contribution in [-0.2, 0) is 9.53 Å². The van der Waals surface area contributed by atoms with Crippen LogP contribution in [0.2, 0.25) is 0 Å². The van der Waals surface area contributed by atoms with Crippen molar-refractivity contribution in [1.29, 1.82) is 0 Å². The summed E-state index contributed by atoms with van der Waals surface area (Å²) in [7, 11) is 0. The lowest BCUT2D eigenvalue weighted by atomic mass is 10.1. The number of carboxylic acids is 1. The third kappa shape index (κ3) is 5.70. The summed E-state index contributed by atoms with van der Waals surface area (Å²) in [6.07, 6.45) is -7.59. The summed E-state index contributed by atoms with van der Waals surface area (Å²) < 4.78 is 45.7. The van der Waals surface area contributed by atoms with E-state index < -0.39 is 55.2 Å². The fraction of sp³-hybridized carbons (Fsp3) is 0.667. The van der Waals surface area contributed by atoms with Gasteiger partial charge in [-0.15, -0.1) is 0 Å². The molecule has 1 unspecified atom stereocenters. The molecule has 0 bridgehead atoms. The largest absolute Gasteiger partial charge is 0.480 e. The first kappa shape index (κ1) is 26.0. The van der Waals surface area contributed by atoms with Gasteiger partial charge in [0.15, 0.2) is 17.7 Å². The number of hydrogen-bond acceptors (Lipinski definition) is 11. The number of alkyl halides is 3. The van der Waals surface area contributed by atoms with Gasteiger partial charge in [-0.05, 0) is 12.8 Å². The van der Waals surface area contributed by atoms with Crippen LogP contribution in [0.1, 0.15) is 19.1 Å². The molecule has 6 atom stereocenters. The molecule has 13 nitrogen and oxygen atoms in total. The van der Waals surface area contributed by atoms with Crippen molar-refractivity contribution < 1.29 is 38.0 Å². The zero-order valence-corrected chi connectivity index (χ0v) is 17.9. The Kier molecular flexibility index (Phi) is 7.89. The number of nitrogen functional groups attached to an aromatic ring is 1. The SMILES string of the molecule is Nc1ncnc2c1ncn2[C@@H]1O[C@H](CN(CCC(N)C(F)(F)F)CC[C@H](N)C(=O)O)[C@@H](O)[C@H]1O. The van der Waals surface area contributed by atoms with Gasteiger partial charge in [-0.2, -0.15) is 13.2 Å². The average Bonchev–Trinajstić information content (AvgIpc) is 3.31. The molecule has 16 heteroatoms. The number of aromatic nitrogens is 4. The lowest BCUT2D eigenvalue weighted by Crippen LogP contribution is -2.45. The van der Waals surface area contributed by atoms with E-state index in [2.05, 4.69) is 15.0 Å². The molecule has 1 saturated heterocycles. The summed E-state index contributed by atoms with van der Waals surface area (Å²) in [4.78, 5) is 24.5. The van der Waals surface area contributed by atoms with Crippen molar-refractivity contribution in [1.82, 2.24) is 24.4 Å². The van der Waals surface area contributed by atoms with Crippen molar-refractivity contribution in [2.24, 2.45) is 11.5 Å². The van der Waals surface area contributed by atoms with Gasteiger partial charge in [-0.3, -0.25) is 9.36 Å². The highest BCUT2D eigenvalue weighted by Gasteiger charge is 2.45. The fourth-order valence-electron chi connectivity index (χ4n) is 3.65. The topological polar surface area (TPSA) is 212 Å². The van der Waals surface area contributed by atoms with E-state index in [-0.39, 0.29) is 43.0 Å². The molecule has 1 aliphatic rings. The highest BCUT2D eigenvalue weighted by atomic mass is 19.4. The molecular weight excluding hydrogens is 465 g/mol. The number of aliphatic hydroxyl groups excluding tert-OH is 2. The molecule has 0 spiro atoms. The first-order chi connectivity index (χ1) is 15.9. The zero-order chi connectivity index (χ0) is 25.2. The molecule has 1 aliphatic heterocycles. The molecule has 2 aromatic rings. The van der Waals surface area contributed by atoms with Gasteiger partial charge in [0.25, 0.3) is 0 Å². The predicted molar refractivity (Wildman–Crippen MR) is 111 cm³/mol. The van der Waals surface area contributed by atoms with Crippen LogP contribution in [0, 0.1) is 0 Å². The van der Waals surface area contributed by atoms with E-state index in [1.54, 1.807) is 0 Å². The first-order valence-corrected chi connectivity index (χ1v) is 10.4. The van der Waals surface area contributed by atoms with Crippen molar-refractivity contribution in [3.63, 3.8) is 0 Å². The van der Waals surface area contributed by atoms with E-state index in [1.165, 1.54) is 22.1 Å². The second-order valence-corrected chi connectivity index (χ2v) is 8.10. The normalized spacial score (nSPS) is 25.2. The second kappa shape index (κ2) is 10.3. The number of ether oxygens (including phenoxy) is 1. The van der Waals surface area contributed by atoms with E-state index in [4.69, 9.17) is 27.0 Å². The van der Waals surface area contributed by atoms with Crippen molar-refractivity contribution >= 4 is 23.0 Å². The number of carbonyl (C=O) groups is 1. The van der Waals surface area contributed by atoms with Crippen molar-refractivity contribution in [2.45, 2.75) is 55.6 Å². The Morgan fingerprint density at radius 2 is 1.85 bits per heavy atom. The Labute approximate surface area is 191 Å².